The molecule has 5 rings (SSSR count). The number of amides is 1. The second-order valence-electron chi connectivity index (χ2n) is 9.05. The van der Waals surface area contributed by atoms with E-state index in [9.17, 15) is 4.79 Å². The normalized spacial score (nSPS) is 19.3. The number of rotatable bonds is 5. The van der Waals surface area contributed by atoms with E-state index in [2.05, 4.69) is 16.3 Å². The third-order valence-electron chi connectivity index (χ3n) is 6.89. The number of fused-ring (bicyclic) bond motifs is 1. The summed E-state index contributed by atoms with van der Waals surface area (Å²) in [6, 6.07) is 7.95. The van der Waals surface area contributed by atoms with Gasteiger partial charge in [-0.3, -0.25) is 4.79 Å². The second kappa shape index (κ2) is 9.35. The molecule has 1 aromatic heterocycles. The highest BCUT2D eigenvalue weighted by molar-refractivity contribution is 5.95. The molecule has 2 fully saturated rings. The van der Waals surface area contributed by atoms with Gasteiger partial charge in [0.25, 0.3) is 5.91 Å². The van der Waals surface area contributed by atoms with E-state index in [1.807, 2.05) is 18.2 Å². The predicted molar refractivity (Wildman–Crippen MR) is 121 cm³/mol. The van der Waals surface area contributed by atoms with Crippen LogP contribution < -0.4 is 10.2 Å². The highest BCUT2D eigenvalue weighted by Gasteiger charge is 2.24. The molecule has 1 aromatic carbocycles. The summed E-state index contributed by atoms with van der Waals surface area (Å²) in [4.78, 5) is 24.9. The molecule has 6 heteroatoms. The quantitative estimate of drug-likeness (QED) is 0.797. The fraction of sp³-hybridized carbons (Fsp3) is 0.560. The van der Waals surface area contributed by atoms with Crippen LogP contribution in [0.1, 0.15) is 60.1 Å². The number of morpholine rings is 1. The van der Waals surface area contributed by atoms with Crippen molar-refractivity contribution in [3.63, 3.8) is 0 Å². The first kappa shape index (κ1) is 20.4. The van der Waals surface area contributed by atoms with Crippen LogP contribution in [0.3, 0.4) is 0 Å². The summed E-state index contributed by atoms with van der Waals surface area (Å²) in [6.45, 7) is 3.86. The first-order valence-corrected chi connectivity index (χ1v) is 11.9. The first-order chi connectivity index (χ1) is 15.3. The molecule has 6 nitrogen and oxygen atoms in total. The Hall–Kier alpha value is -2.47. The Bertz CT molecular complexity index is 933. The lowest BCUT2D eigenvalue weighted by atomic mass is 9.89. The number of benzene rings is 1. The zero-order valence-corrected chi connectivity index (χ0v) is 18.2. The Morgan fingerprint density at radius 3 is 2.74 bits per heavy atom. The topological polar surface area (TPSA) is 67.4 Å². The van der Waals surface area contributed by atoms with Crippen LogP contribution in [0.15, 0.2) is 24.3 Å². The Morgan fingerprint density at radius 2 is 1.90 bits per heavy atom. The molecule has 0 radical (unpaired) electrons. The summed E-state index contributed by atoms with van der Waals surface area (Å²) in [7, 11) is 0. The Kier molecular flexibility index (Phi) is 6.16. The van der Waals surface area contributed by atoms with Crippen molar-refractivity contribution in [2.45, 2.75) is 51.4 Å². The molecule has 3 aliphatic rings. The number of anilines is 1. The number of hydrogen-bond donors (Lipinski definition) is 1. The molecule has 2 aromatic rings. The molecule has 2 aliphatic carbocycles. The summed E-state index contributed by atoms with van der Waals surface area (Å²) >= 11 is 0. The Labute approximate surface area is 184 Å². The van der Waals surface area contributed by atoms with E-state index in [1.165, 1.54) is 43.4 Å². The largest absolute Gasteiger partial charge is 0.378 e. The van der Waals surface area contributed by atoms with Gasteiger partial charge in [-0.1, -0.05) is 31.4 Å². The van der Waals surface area contributed by atoms with E-state index in [1.54, 1.807) is 0 Å². The summed E-state index contributed by atoms with van der Waals surface area (Å²) in [5, 5.41) is 3.17. The molecule has 0 unspecified atom stereocenters. The van der Waals surface area contributed by atoms with Gasteiger partial charge in [-0.15, -0.1) is 0 Å². The van der Waals surface area contributed by atoms with Crippen LogP contribution in [0, 0.1) is 5.92 Å². The molecule has 0 atom stereocenters. The fourth-order valence-corrected chi connectivity index (χ4v) is 5.10. The number of nitrogens with zero attached hydrogens (tertiary/aromatic N) is 3. The predicted octanol–water partition coefficient (Wildman–Crippen LogP) is 3.78. The smallest absolute Gasteiger partial charge is 0.251 e. The summed E-state index contributed by atoms with van der Waals surface area (Å²) in [5.74, 6) is 1.44. The zero-order valence-electron chi connectivity index (χ0n) is 18.2. The van der Waals surface area contributed by atoms with Crippen LogP contribution in [-0.2, 0) is 17.6 Å². The van der Waals surface area contributed by atoms with Crippen molar-refractivity contribution in [2.75, 3.05) is 37.7 Å². The van der Waals surface area contributed by atoms with Crippen molar-refractivity contribution in [1.82, 2.24) is 15.3 Å². The van der Waals surface area contributed by atoms with Gasteiger partial charge in [0, 0.05) is 42.0 Å². The van der Waals surface area contributed by atoms with Gasteiger partial charge in [-0.05, 0) is 50.2 Å². The van der Waals surface area contributed by atoms with E-state index in [0.717, 1.165) is 56.1 Å². The van der Waals surface area contributed by atoms with E-state index in [0.29, 0.717) is 24.7 Å². The molecule has 164 valence electrons. The minimum atomic E-state index is 0.0199. The van der Waals surface area contributed by atoms with Crippen LogP contribution in [-0.4, -0.2) is 48.7 Å². The summed E-state index contributed by atoms with van der Waals surface area (Å²) in [6.07, 6.45) is 9.51. The lowest BCUT2D eigenvalue weighted by Gasteiger charge is -2.27. The molecule has 0 bridgehead atoms. The molecule has 0 spiro atoms. The van der Waals surface area contributed by atoms with Crippen LogP contribution in [0.25, 0.3) is 11.3 Å². The van der Waals surface area contributed by atoms with E-state index in [-0.39, 0.29) is 5.91 Å². The number of carbonyl (C=O) groups is 1. The lowest BCUT2D eigenvalue weighted by molar-refractivity contribution is 0.0943. The highest BCUT2D eigenvalue weighted by atomic mass is 16.5. The standard InChI is InChI=1S/C25H32N4O2/c30-24(26-17-18-6-2-1-3-7-18)20-9-4-8-19(16-20)23-21-10-5-11-22(21)27-25(28-23)29-12-14-31-15-13-29/h4,8-9,16,18H,1-3,5-7,10-15,17H2,(H,26,30). The molecular weight excluding hydrogens is 388 g/mol. The maximum Gasteiger partial charge on any atom is 0.251 e. The van der Waals surface area contributed by atoms with E-state index >= 15 is 0 Å². The van der Waals surface area contributed by atoms with Gasteiger partial charge in [0.2, 0.25) is 5.95 Å². The van der Waals surface area contributed by atoms with Crippen molar-refractivity contribution in [2.24, 2.45) is 5.92 Å². The molecule has 1 amide bonds. The van der Waals surface area contributed by atoms with Crippen molar-refractivity contribution in [3.8, 4) is 11.3 Å². The van der Waals surface area contributed by atoms with Gasteiger partial charge in [-0.2, -0.15) is 0 Å². The third-order valence-corrected chi connectivity index (χ3v) is 6.89. The first-order valence-electron chi connectivity index (χ1n) is 11.9. The Balaban J connectivity index is 1.38. The number of aromatic nitrogens is 2. The molecule has 1 aliphatic heterocycles. The number of carbonyl (C=O) groups excluding carboxylic acids is 1. The number of aryl methyl sites for hydroxylation is 1. The average Bonchev–Trinajstić information content (AvgIpc) is 3.32. The highest BCUT2D eigenvalue weighted by Crippen LogP contribution is 2.32. The van der Waals surface area contributed by atoms with Crippen LogP contribution >= 0.6 is 0 Å². The van der Waals surface area contributed by atoms with Crippen molar-refractivity contribution < 1.29 is 9.53 Å². The van der Waals surface area contributed by atoms with Crippen molar-refractivity contribution in [3.05, 3.63) is 41.1 Å². The average molecular weight is 421 g/mol. The molecule has 2 heterocycles. The summed E-state index contributed by atoms with van der Waals surface area (Å²) < 4.78 is 5.50. The molecule has 31 heavy (non-hydrogen) atoms. The Morgan fingerprint density at radius 1 is 1.06 bits per heavy atom. The monoisotopic (exact) mass is 420 g/mol. The lowest BCUT2D eigenvalue weighted by Crippen LogP contribution is -2.37. The third kappa shape index (κ3) is 4.59. The van der Waals surface area contributed by atoms with Gasteiger partial charge >= 0.3 is 0 Å². The molecular formula is C25H32N4O2. The van der Waals surface area contributed by atoms with Gasteiger partial charge in [0.05, 0.1) is 18.9 Å². The summed E-state index contributed by atoms with van der Waals surface area (Å²) in [5.41, 5.74) is 5.13. The maximum absolute atomic E-state index is 12.9. The maximum atomic E-state index is 12.9. The molecule has 1 saturated heterocycles. The number of hydrogen-bond acceptors (Lipinski definition) is 5. The van der Waals surface area contributed by atoms with E-state index in [4.69, 9.17) is 14.7 Å². The van der Waals surface area contributed by atoms with Crippen molar-refractivity contribution >= 4 is 11.9 Å². The van der Waals surface area contributed by atoms with E-state index < -0.39 is 0 Å². The van der Waals surface area contributed by atoms with Gasteiger partial charge in [-0.25, -0.2) is 9.97 Å². The fourth-order valence-electron chi connectivity index (χ4n) is 5.10. The minimum absolute atomic E-state index is 0.0199. The zero-order chi connectivity index (χ0) is 21.0. The van der Waals surface area contributed by atoms with Crippen LogP contribution in [0.5, 0.6) is 0 Å². The van der Waals surface area contributed by atoms with Gasteiger partial charge in [0.15, 0.2) is 0 Å². The number of ether oxygens (including phenoxy) is 1. The van der Waals surface area contributed by atoms with Crippen LogP contribution in [0.4, 0.5) is 5.95 Å². The van der Waals surface area contributed by atoms with Crippen LogP contribution in [0.2, 0.25) is 0 Å². The SMILES string of the molecule is O=C(NCC1CCCCC1)c1cccc(-c2nc(N3CCOCC3)nc3c2CCC3)c1. The van der Waals surface area contributed by atoms with Gasteiger partial charge in [0.1, 0.15) is 0 Å². The second-order valence-corrected chi connectivity index (χ2v) is 9.05. The number of nitrogens with one attached hydrogen (secondary N) is 1. The molecule has 1 N–H and O–H groups in total. The van der Waals surface area contributed by atoms with Gasteiger partial charge < -0.3 is 15.0 Å². The van der Waals surface area contributed by atoms with Crippen molar-refractivity contribution in [1.29, 1.82) is 0 Å². The minimum Gasteiger partial charge on any atom is -0.378 e. The molecule has 1 saturated carbocycles.